The van der Waals surface area contributed by atoms with Crippen molar-refractivity contribution in [2.24, 2.45) is 17.3 Å². The van der Waals surface area contributed by atoms with Gasteiger partial charge >= 0.3 is 5.97 Å². The molecule has 9 heteroatoms. The van der Waals surface area contributed by atoms with Crippen LogP contribution in [-0.2, 0) is 9.59 Å². The highest BCUT2D eigenvalue weighted by atomic mass is 16.7. The lowest BCUT2D eigenvalue weighted by molar-refractivity contribution is -0.153. The third kappa shape index (κ3) is 5.40. The maximum absolute atomic E-state index is 14.3. The van der Waals surface area contributed by atoms with E-state index in [0.717, 1.165) is 49.0 Å². The molecule has 6 rings (SSSR count). The van der Waals surface area contributed by atoms with E-state index in [1.165, 1.54) is 11.1 Å². The largest absolute Gasteiger partial charge is 0.376 e. The lowest BCUT2D eigenvalue weighted by atomic mass is 9.80. The minimum Gasteiger partial charge on any atom is -0.376 e. The number of carbonyl (C=O) groups excluding carboxylic acids is 3. The molecule has 9 nitrogen and oxygen atoms in total. The molecule has 3 unspecified atom stereocenters. The number of para-hydroxylation sites is 1. The summed E-state index contributed by atoms with van der Waals surface area (Å²) in [5.74, 6) is -0.534. The zero-order valence-corrected chi connectivity index (χ0v) is 24.5. The summed E-state index contributed by atoms with van der Waals surface area (Å²) in [7, 11) is 0. The van der Waals surface area contributed by atoms with Gasteiger partial charge in [0.15, 0.2) is 0 Å². The fourth-order valence-electron chi connectivity index (χ4n) is 6.68. The number of aromatic nitrogens is 2. The van der Waals surface area contributed by atoms with E-state index in [4.69, 9.17) is 4.84 Å². The van der Waals surface area contributed by atoms with Gasteiger partial charge in [0.25, 0.3) is 5.91 Å². The van der Waals surface area contributed by atoms with Crippen LogP contribution < -0.4 is 15.5 Å². The van der Waals surface area contributed by atoms with Gasteiger partial charge in [0.05, 0.1) is 35.3 Å². The van der Waals surface area contributed by atoms with Crippen molar-refractivity contribution in [1.82, 2.24) is 19.9 Å². The fourth-order valence-corrected chi connectivity index (χ4v) is 6.68. The van der Waals surface area contributed by atoms with Gasteiger partial charge in [-0.1, -0.05) is 49.2 Å². The Bertz CT molecular complexity index is 1460. The topological polar surface area (TPSA) is 106 Å². The van der Waals surface area contributed by atoms with E-state index in [1.807, 2.05) is 62.1 Å². The van der Waals surface area contributed by atoms with Crippen molar-refractivity contribution in [3.8, 4) is 0 Å². The van der Waals surface area contributed by atoms with Gasteiger partial charge in [0.2, 0.25) is 5.91 Å². The molecule has 2 aliphatic heterocycles. The van der Waals surface area contributed by atoms with Crippen molar-refractivity contribution in [2.75, 3.05) is 11.9 Å². The van der Waals surface area contributed by atoms with E-state index in [1.54, 1.807) is 18.3 Å². The van der Waals surface area contributed by atoms with Crippen LogP contribution in [0.2, 0.25) is 0 Å². The van der Waals surface area contributed by atoms with Crippen LogP contribution in [-0.4, -0.2) is 45.0 Å². The van der Waals surface area contributed by atoms with Crippen LogP contribution in [0.5, 0.6) is 0 Å². The lowest BCUT2D eigenvalue weighted by Gasteiger charge is -2.41. The van der Waals surface area contributed by atoms with Crippen LogP contribution in [0.15, 0.2) is 67.1 Å². The summed E-state index contributed by atoms with van der Waals surface area (Å²) in [6.07, 6.45) is 7.62. The quantitative estimate of drug-likeness (QED) is 0.452. The first-order valence-corrected chi connectivity index (χ1v) is 15.0. The summed E-state index contributed by atoms with van der Waals surface area (Å²) in [6, 6.07) is 16.9. The number of nitrogens with zero attached hydrogens (tertiary/aromatic N) is 3. The number of rotatable bonds is 5. The van der Waals surface area contributed by atoms with Crippen LogP contribution in [0, 0.1) is 17.3 Å². The number of amides is 2. The van der Waals surface area contributed by atoms with Crippen molar-refractivity contribution in [3.63, 3.8) is 0 Å². The van der Waals surface area contributed by atoms with Crippen molar-refractivity contribution in [3.05, 3.63) is 83.9 Å². The second-order valence-electron chi connectivity index (χ2n) is 12.8. The molecule has 5 atom stereocenters. The Labute approximate surface area is 246 Å². The first-order valence-electron chi connectivity index (χ1n) is 15.0. The zero-order chi connectivity index (χ0) is 29.4. The van der Waals surface area contributed by atoms with Gasteiger partial charge in [-0.3, -0.25) is 9.59 Å². The zero-order valence-electron chi connectivity index (χ0n) is 24.5. The average molecular weight is 570 g/mol. The van der Waals surface area contributed by atoms with Gasteiger partial charge in [-0.25, -0.2) is 9.78 Å². The number of anilines is 1. The van der Waals surface area contributed by atoms with Crippen molar-refractivity contribution >= 4 is 23.5 Å². The summed E-state index contributed by atoms with van der Waals surface area (Å²) in [5, 5.41) is 6.85. The van der Waals surface area contributed by atoms with E-state index < -0.39 is 5.41 Å². The third-order valence-electron chi connectivity index (χ3n) is 8.88. The molecule has 3 aromatic rings. The molecule has 0 spiro atoms. The summed E-state index contributed by atoms with van der Waals surface area (Å²) in [5.41, 5.74) is 2.81. The predicted octanol–water partition coefficient (Wildman–Crippen LogP) is 4.93. The maximum Gasteiger partial charge on any atom is 0.338 e. The van der Waals surface area contributed by atoms with Crippen molar-refractivity contribution < 1.29 is 19.2 Å². The summed E-state index contributed by atoms with van der Waals surface area (Å²) >= 11 is 0. The van der Waals surface area contributed by atoms with Crippen molar-refractivity contribution in [2.45, 2.75) is 71.0 Å². The Morgan fingerprint density at radius 1 is 0.976 bits per heavy atom. The van der Waals surface area contributed by atoms with Gasteiger partial charge in [-0.2, -0.15) is 4.73 Å². The van der Waals surface area contributed by atoms with Crippen LogP contribution in [0.25, 0.3) is 0 Å². The molecule has 1 saturated carbocycles. The minimum atomic E-state index is -0.637. The SMILES string of the molecule is CC(C)(C)C(=O)On1cnc(C2Nc3ccccc3C3C2CCN3C(=O)[C@H]2CCCC[C@H]2NC(=O)c2ccccc2)c1. The molecule has 2 N–H and O–H groups in total. The molecule has 1 saturated heterocycles. The van der Waals surface area contributed by atoms with Crippen LogP contribution in [0.3, 0.4) is 0 Å². The Morgan fingerprint density at radius 3 is 2.50 bits per heavy atom. The number of imidazole rings is 1. The van der Waals surface area contributed by atoms with Gasteiger partial charge in [-0.15, -0.1) is 0 Å². The van der Waals surface area contributed by atoms with Gasteiger partial charge in [-0.05, 0) is 63.8 Å². The minimum absolute atomic E-state index is 0.0893. The predicted molar refractivity (Wildman–Crippen MR) is 158 cm³/mol. The normalized spacial score (nSPS) is 25.1. The molecule has 2 amide bonds. The van der Waals surface area contributed by atoms with Gasteiger partial charge < -0.3 is 20.4 Å². The number of benzene rings is 2. The highest BCUT2D eigenvalue weighted by molar-refractivity contribution is 5.95. The van der Waals surface area contributed by atoms with E-state index in [9.17, 15) is 14.4 Å². The average Bonchev–Trinajstić information content (AvgIpc) is 3.65. The molecule has 2 aromatic carbocycles. The molecule has 2 fully saturated rings. The number of likely N-dealkylation sites (tertiary alicyclic amines) is 1. The summed E-state index contributed by atoms with van der Waals surface area (Å²) in [6.45, 7) is 6.07. The van der Waals surface area contributed by atoms with E-state index in [2.05, 4.69) is 21.7 Å². The fraction of sp³-hybridized carbons (Fsp3) is 0.455. The summed E-state index contributed by atoms with van der Waals surface area (Å²) < 4.78 is 1.38. The molecule has 3 heterocycles. The number of hydrogen-bond donors (Lipinski definition) is 2. The van der Waals surface area contributed by atoms with E-state index in [-0.39, 0.29) is 47.7 Å². The molecule has 220 valence electrons. The standard InChI is InChI=1S/C33H39N5O4/c1-33(2,3)32(41)42-37-19-27(34-20-37)28-24-17-18-38(29(24)22-13-7-9-15-25(22)35-28)31(40)23-14-8-10-16-26(23)36-30(39)21-11-5-4-6-12-21/h4-7,9,11-13,15,19-20,23-24,26,28-29,35H,8,10,14,16-18H2,1-3H3,(H,36,39)/t23-,24?,26+,28?,29?/m0/s1. The monoisotopic (exact) mass is 569 g/mol. The second kappa shape index (κ2) is 11.3. The molecule has 1 aliphatic carbocycles. The first-order chi connectivity index (χ1) is 20.2. The Balaban J connectivity index is 1.25. The van der Waals surface area contributed by atoms with E-state index >= 15 is 0 Å². The second-order valence-corrected chi connectivity index (χ2v) is 12.8. The lowest BCUT2D eigenvalue weighted by Crippen LogP contribution is -2.50. The molecule has 1 aromatic heterocycles. The van der Waals surface area contributed by atoms with Gasteiger partial charge in [0, 0.05) is 29.8 Å². The highest BCUT2D eigenvalue weighted by Gasteiger charge is 2.49. The third-order valence-corrected chi connectivity index (χ3v) is 8.88. The first kappa shape index (κ1) is 28.0. The highest BCUT2D eigenvalue weighted by Crippen LogP contribution is 2.51. The molecule has 3 aliphatic rings. The van der Waals surface area contributed by atoms with Gasteiger partial charge in [0.1, 0.15) is 6.33 Å². The Kier molecular flexibility index (Phi) is 7.51. The Hall–Kier alpha value is -4.14. The smallest absolute Gasteiger partial charge is 0.338 e. The van der Waals surface area contributed by atoms with E-state index in [0.29, 0.717) is 12.1 Å². The van der Waals surface area contributed by atoms with Crippen LogP contribution >= 0.6 is 0 Å². The number of hydrogen-bond acceptors (Lipinski definition) is 6. The number of carbonyl (C=O) groups is 3. The molecular formula is C33H39N5O4. The molecule has 42 heavy (non-hydrogen) atoms. The summed E-state index contributed by atoms with van der Waals surface area (Å²) in [4.78, 5) is 52.0. The maximum atomic E-state index is 14.3. The Morgan fingerprint density at radius 2 is 1.71 bits per heavy atom. The molecular weight excluding hydrogens is 530 g/mol. The van der Waals surface area contributed by atoms with Crippen molar-refractivity contribution in [1.29, 1.82) is 0 Å². The molecule has 0 radical (unpaired) electrons. The molecule has 0 bridgehead atoms. The number of fused-ring (bicyclic) bond motifs is 3. The van der Waals surface area contributed by atoms with Crippen LogP contribution in [0.4, 0.5) is 5.69 Å². The van der Waals surface area contributed by atoms with Crippen LogP contribution in [0.1, 0.15) is 86.6 Å². The number of nitrogens with one attached hydrogen (secondary N) is 2.